The largest absolute Gasteiger partial charge is 0.454 e. The number of hydrogen-bond acceptors (Lipinski definition) is 7. The van der Waals surface area contributed by atoms with E-state index in [9.17, 15) is 9.59 Å². The quantitative estimate of drug-likeness (QED) is 0.691. The molecule has 3 aromatic rings. The van der Waals surface area contributed by atoms with Crippen molar-refractivity contribution in [2.24, 2.45) is 0 Å². The molecule has 4 rings (SSSR count). The fourth-order valence-corrected chi connectivity index (χ4v) is 2.76. The second kappa shape index (κ2) is 6.99. The van der Waals surface area contributed by atoms with E-state index in [4.69, 9.17) is 18.6 Å². The number of hydrogen-bond donors (Lipinski definition) is 1. The predicted octanol–water partition coefficient (Wildman–Crippen LogP) is 3.13. The van der Waals surface area contributed by atoms with Crippen LogP contribution in [0.2, 0.25) is 0 Å². The van der Waals surface area contributed by atoms with Crippen LogP contribution in [0.4, 0.5) is 5.69 Å². The number of amides is 1. The van der Waals surface area contributed by atoms with Gasteiger partial charge in [-0.3, -0.25) is 4.79 Å². The number of aromatic nitrogens is 1. The molecule has 1 aliphatic rings. The molecule has 1 atom stereocenters. The van der Waals surface area contributed by atoms with Crippen LogP contribution in [0.1, 0.15) is 23.7 Å². The smallest absolute Gasteiger partial charge is 0.341 e. The number of nitrogens with zero attached hydrogens (tertiary/aromatic N) is 1. The second-order valence-electron chi connectivity index (χ2n) is 5.86. The number of rotatable bonds is 5. The Bertz CT molecular complexity index is 1010. The van der Waals surface area contributed by atoms with Gasteiger partial charge in [0.05, 0.1) is 5.56 Å². The minimum absolute atomic E-state index is 0.148. The van der Waals surface area contributed by atoms with E-state index in [2.05, 4.69) is 10.3 Å². The number of nitrogens with one attached hydrogen (secondary N) is 1. The van der Waals surface area contributed by atoms with Gasteiger partial charge < -0.3 is 23.9 Å². The number of ether oxygens (including phenoxy) is 3. The summed E-state index contributed by atoms with van der Waals surface area (Å²) in [4.78, 5) is 29.1. The molecule has 1 unspecified atom stereocenters. The normalized spacial score (nSPS) is 13.4. The molecule has 2 aromatic carbocycles. The summed E-state index contributed by atoms with van der Waals surface area (Å²) in [6.45, 7) is 1.91. The first-order valence-corrected chi connectivity index (χ1v) is 8.39. The maximum Gasteiger partial charge on any atom is 0.341 e. The summed E-state index contributed by atoms with van der Waals surface area (Å²) < 4.78 is 21.1. The molecular weight excluding hydrogens is 352 g/mol. The molecule has 0 fully saturated rings. The van der Waals surface area contributed by atoms with Gasteiger partial charge in [-0.25, -0.2) is 9.78 Å². The zero-order chi connectivity index (χ0) is 18.8. The number of oxazole rings is 1. The van der Waals surface area contributed by atoms with E-state index < -0.39 is 18.0 Å². The van der Waals surface area contributed by atoms with Crippen molar-refractivity contribution in [3.63, 3.8) is 0 Å². The van der Waals surface area contributed by atoms with Gasteiger partial charge in [0.15, 0.2) is 29.6 Å². The van der Waals surface area contributed by atoms with Gasteiger partial charge in [0, 0.05) is 11.8 Å². The lowest BCUT2D eigenvalue weighted by atomic mass is 10.2. The summed E-state index contributed by atoms with van der Waals surface area (Å²) >= 11 is 0. The van der Waals surface area contributed by atoms with E-state index in [1.165, 1.54) is 6.39 Å². The summed E-state index contributed by atoms with van der Waals surface area (Å²) in [5, 5.41) is 2.73. The molecule has 27 heavy (non-hydrogen) atoms. The van der Waals surface area contributed by atoms with E-state index in [0.29, 0.717) is 34.7 Å². The van der Waals surface area contributed by atoms with Gasteiger partial charge in [0.25, 0.3) is 5.91 Å². The molecule has 138 valence electrons. The molecule has 8 nitrogen and oxygen atoms in total. The molecule has 0 bridgehead atoms. The van der Waals surface area contributed by atoms with Gasteiger partial charge in [-0.2, -0.15) is 0 Å². The molecule has 8 heteroatoms. The topological polar surface area (TPSA) is 99.9 Å². The number of anilines is 1. The van der Waals surface area contributed by atoms with Gasteiger partial charge in [-0.05, 0) is 30.7 Å². The van der Waals surface area contributed by atoms with Crippen LogP contribution >= 0.6 is 0 Å². The van der Waals surface area contributed by atoms with Crippen molar-refractivity contribution < 1.29 is 28.2 Å². The van der Waals surface area contributed by atoms with E-state index in [-0.39, 0.29) is 12.4 Å². The minimum Gasteiger partial charge on any atom is -0.454 e. The Kier molecular flexibility index (Phi) is 4.37. The lowest BCUT2D eigenvalue weighted by Gasteiger charge is -2.16. The van der Waals surface area contributed by atoms with Crippen LogP contribution in [0.5, 0.6) is 11.5 Å². The average molecular weight is 368 g/mol. The van der Waals surface area contributed by atoms with Crippen molar-refractivity contribution in [3.8, 4) is 11.5 Å². The fourth-order valence-electron chi connectivity index (χ4n) is 2.76. The monoisotopic (exact) mass is 368 g/mol. The number of benzene rings is 2. The first-order chi connectivity index (χ1) is 13.2. The van der Waals surface area contributed by atoms with Crippen LogP contribution in [-0.4, -0.2) is 29.8 Å². The van der Waals surface area contributed by atoms with E-state index in [1.54, 1.807) is 43.3 Å². The fraction of sp³-hybridized carbons (Fsp3) is 0.211. The van der Waals surface area contributed by atoms with Crippen LogP contribution in [0, 0.1) is 0 Å². The van der Waals surface area contributed by atoms with Gasteiger partial charge in [-0.15, -0.1) is 0 Å². The zero-order valence-electron chi connectivity index (χ0n) is 14.4. The molecule has 0 aliphatic carbocycles. The van der Waals surface area contributed by atoms with Crippen LogP contribution in [0.3, 0.4) is 0 Å². The summed E-state index contributed by atoms with van der Waals surface area (Å²) in [6.07, 6.45) is 0.618. The molecule has 2 heterocycles. The molecule has 1 aliphatic heterocycles. The SMILES string of the molecule is CCC(OC(=O)c1cccc2ocnc12)C(=O)Nc1ccc2c(c1)OCO2. The Morgan fingerprint density at radius 3 is 2.93 bits per heavy atom. The van der Waals surface area contributed by atoms with E-state index in [0.717, 1.165) is 0 Å². The lowest BCUT2D eigenvalue weighted by molar-refractivity contribution is -0.124. The number of fused-ring (bicyclic) bond motifs is 2. The second-order valence-corrected chi connectivity index (χ2v) is 5.86. The maximum absolute atomic E-state index is 12.5. The van der Waals surface area contributed by atoms with Gasteiger partial charge in [-0.1, -0.05) is 13.0 Å². The summed E-state index contributed by atoms with van der Waals surface area (Å²) in [7, 11) is 0. The maximum atomic E-state index is 12.5. The molecule has 1 aromatic heterocycles. The van der Waals surface area contributed by atoms with Gasteiger partial charge >= 0.3 is 5.97 Å². The van der Waals surface area contributed by atoms with Crippen molar-refractivity contribution >= 4 is 28.7 Å². The number of carbonyl (C=O) groups is 2. The third-order valence-electron chi connectivity index (χ3n) is 4.13. The zero-order valence-corrected chi connectivity index (χ0v) is 14.4. The molecule has 0 radical (unpaired) electrons. The van der Waals surface area contributed by atoms with Crippen LogP contribution in [0.15, 0.2) is 47.2 Å². The Morgan fingerprint density at radius 2 is 2.07 bits per heavy atom. The van der Waals surface area contributed by atoms with Crippen LogP contribution in [-0.2, 0) is 9.53 Å². The predicted molar refractivity (Wildman–Crippen MR) is 94.7 cm³/mol. The van der Waals surface area contributed by atoms with Crippen molar-refractivity contribution in [2.75, 3.05) is 12.1 Å². The third kappa shape index (κ3) is 3.29. The molecule has 0 spiro atoms. The Labute approximate surface area is 154 Å². The molecule has 1 N–H and O–H groups in total. The van der Waals surface area contributed by atoms with Gasteiger partial charge in [0.1, 0.15) is 5.52 Å². The van der Waals surface area contributed by atoms with Crippen molar-refractivity contribution in [1.29, 1.82) is 0 Å². The summed E-state index contributed by atoms with van der Waals surface area (Å²) in [5.74, 6) is 0.0990. The highest BCUT2D eigenvalue weighted by molar-refractivity contribution is 6.03. The van der Waals surface area contributed by atoms with Crippen molar-refractivity contribution in [2.45, 2.75) is 19.4 Å². The van der Waals surface area contributed by atoms with Gasteiger partial charge in [0.2, 0.25) is 6.79 Å². The van der Waals surface area contributed by atoms with E-state index >= 15 is 0 Å². The summed E-state index contributed by atoms with van der Waals surface area (Å²) in [5.41, 5.74) is 1.64. The molecule has 0 saturated heterocycles. The highest BCUT2D eigenvalue weighted by Crippen LogP contribution is 2.34. The standard InChI is InChI=1S/C19H16N2O6/c1-2-13(18(22)21-11-6-7-14-16(8-11)26-10-25-14)27-19(23)12-4-3-5-15-17(12)20-9-24-15/h3-9,13H,2,10H2,1H3,(H,21,22). The number of carbonyl (C=O) groups excluding carboxylic acids is 2. The molecule has 0 saturated carbocycles. The highest BCUT2D eigenvalue weighted by Gasteiger charge is 2.24. The third-order valence-corrected chi connectivity index (χ3v) is 4.13. The highest BCUT2D eigenvalue weighted by atomic mass is 16.7. The van der Waals surface area contributed by atoms with E-state index in [1.807, 2.05) is 0 Å². The Hall–Kier alpha value is -3.55. The number of esters is 1. The number of para-hydroxylation sites is 1. The first-order valence-electron chi connectivity index (χ1n) is 8.39. The van der Waals surface area contributed by atoms with Crippen LogP contribution < -0.4 is 14.8 Å². The molecule has 1 amide bonds. The summed E-state index contributed by atoms with van der Waals surface area (Å²) in [6, 6.07) is 9.99. The molecular formula is C19H16N2O6. The average Bonchev–Trinajstić information content (AvgIpc) is 3.33. The van der Waals surface area contributed by atoms with Crippen molar-refractivity contribution in [1.82, 2.24) is 4.98 Å². The Morgan fingerprint density at radius 1 is 1.22 bits per heavy atom. The minimum atomic E-state index is -0.954. The first kappa shape index (κ1) is 16.9. The lowest BCUT2D eigenvalue weighted by Crippen LogP contribution is -2.32. The van der Waals surface area contributed by atoms with Crippen LogP contribution in [0.25, 0.3) is 11.1 Å². The Balaban J connectivity index is 1.47. The van der Waals surface area contributed by atoms with Crippen molar-refractivity contribution in [3.05, 3.63) is 48.4 Å².